The van der Waals surface area contributed by atoms with E-state index in [1.807, 2.05) is 36.6 Å². The van der Waals surface area contributed by atoms with Crippen molar-refractivity contribution in [1.29, 1.82) is 0 Å². The highest BCUT2D eigenvalue weighted by atomic mass is 32.1. The van der Waals surface area contributed by atoms with Crippen LogP contribution in [0.15, 0.2) is 41.8 Å². The first-order valence-electron chi connectivity index (χ1n) is 7.58. The first-order chi connectivity index (χ1) is 12.0. The largest absolute Gasteiger partial charge is 0.451 e. The Bertz CT molecular complexity index is 884. The fourth-order valence-corrected chi connectivity index (χ4v) is 3.88. The van der Waals surface area contributed by atoms with Crippen LogP contribution in [0.5, 0.6) is 0 Å². The van der Waals surface area contributed by atoms with E-state index in [0.717, 1.165) is 15.4 Å². The number of hydrogen-bond acceptors (Lipinski definition) is 6. The summed E-state index contributed by atoms with van der Waals surface area (Å²) in [4.78, 5) is 30.0. The van der Waals surface area contributed by atoms with Crippen LogP contribution in [-0.2, 0) is 9.53 Å². The Balaban J connectivity index is 1.59. The van der Waals surface area contributed by atoms with Crippen LogP contribution in [0.25, 0.3) is 9.88 Å². The molecule has 5 nitrogen and oxygen atoms in total. The third-order valence-corrected chi connectivity index (χ3v) is 5.56. The van der Waals surface area contributed by atoms with Gasteiger partial charge in [0.05, 0.1) is 10.6 Å². The molecule has 0 fully saturated rings. The van der Waals surface area contributed by atoms with Gasteiger partial charge in [0.15, 0.2) is 6.61 Å². The number of nitrogens with one attached hydrogen (secondary N) is 1. The maximum absolute atomic E-state index is 12.2. The molecular formula is C18H16N2O3S2. The van der Waals surface area contributed by atoms with Gasteiger partial charge in [-0.25, -0.2) is 9.78 Å². The van der Waals surface area contributed by atoms with Crippen molar-refractivity contribution < 1.29 is 14.3 Å². The lowest BCUT2D eigenvalue weighted by atomic mass is 10.2. The van der Waals surface area contributed by atoms with E-state index in [9.17, 15) is 9.59 Å². The molecule has 2 heterocycles. The summed E-state index contributed by atoms with van der Waals surface area (Å²) in [7, 11) is 0. The summed E-state index contributed by atoms with van der Waals surface area (Å²) in [5.41, 5.74) is 2.38. The number of nitrogens with zero attached hydrogens (tertiary/aromatic N) is 1. The molecule has 0 bridgehead atoms. The van der Waals surface area contributed by atoms with Crippen molar-refractivity contribution in [3.05, 3.63) is 57.9 Å². The predicted octanol–water partition coefficient (Wildman–Crippen LogP) is 4.28. The molecular weight excluding hydrogens is 356 g/mol. The molecule has 7 heteroatoms. The highest BCUT2D eigenvalue weighted by Crippen LogP contribution is 2.31. The third-order valence-electron chi connectivity index (χ3n) is 3.38. The van der Waals surface area contributed by atoms with E-state index in [0.29, 0.717) is 16.3 Å². The van der Waals surface area contributed by atoms with E-state index >= 15 is 0 Å². The topological polar surface area (TPSA) is 68.3 Å². The van der Waals surface area contributed by atoms with Crippen LogP contribution in [0, 0.1) is 13.8 Å². The number of aryl methyl sites for hydroxylation is 2. The molecule has 0 atom stereocenters. The van der Waals surface area contributed by atoms with Gasteiger partial charge in [0, 0.05) is 5.69 Å². The molecule has 3 aromatic rings. The van der Waals surface area contributed by atoms with Gasteiger partial charge in [0.2, 0.25) is 0 Å². The van der Waals surface area contributed by atoms with Crippen LogP contribution in [-0.4, -0.2) is 23.5 Å². The molecule has 0 unspecified atom stereocenters. The quantitative estimate of drug-likeness (QED) is 0.679. The number of thiophene rings is 1. The number of carbonyl (C=O) groups excluding carboxylic acids is 2. The van der Waals surface area contributed by atoms with E-state index in [-0.39, 0.29) is 12.5 Å². The minimum atomic E-state index is -0.531. The lowest BCUT2D eigenvalue weighted by molar-refractivity contribution is -0.119. The zero-order valence-corrected chi connectivity index (χ0v) is 15.4. The molecule has 0 aliphatic heterocycles. The Morgan fingerprint density at radius 3 is 2.60 bits per heavy atom. The molecule has 1 amide bonds. The van der Waals surface area contributed by atoms with E-state index in [2.05, 4.69) is 10.3 Å². The second kappa shape index (κ2) is 7.58. The zero-order chi connectivity index (χ0) is 17.8. The normalized spacial score (nSPS) is 10.5. The number of aromatic nitrogens is 1. The van der Waals surface area contributed by atoms with Crippen molar-refractivity contribution in [2.45, 2.75) is 13.8 Å². The van der Waals surface area contributed by atoms with Crippen LogP contribution in [0.4, 0.5) is 5.69 Å². The van der Waals surface area contributed by atoms with Gasteiger partial charge < -0.3 is 10.1 Å². The van der Waals surface area contributed by atoms with Crippen LogP contribution < -0.4 is 5.32 Å². The number of amides is 1. The van der Waals surface area contributed by atoms with Crippen molar-refractivity contribution >= 4 is 40.2 Å². The summed E-state index contributed by atoms with van der Waals surface area (Å²) < 4.78 is 5.12. The lowest BCUT2D eigenvalue weighted by Gasteiger charge is -2.06. The standard InChI is InChI=1S/C18H16N2O3S2/c1-11-5-7-13(8-6-11)20-15(21)10-23-18(22)16-12(2)19-17(25-16)14-4-3-9-24-14/h3-9H,10H2,1-2H3,(H,20,21). The lowest BCUT2D eigenvalue weighted by Crippen LogP contribution is -2.20. The van der Waals surface area contributed by atoms with Gasteiger partial charge in [-0.1, -0.05) is 23.8 Å². The van der Waals surface area contributed by atoms with Gasteiger partial charge in [0.1, 0.15) is 9.88 Å². The second-order valence-electron chi connectivity index (χ2n) is 5.40. The average Bonchev–Trinajstić information content (AvgIpc) is 3.24. The Hall–Kier alpha value is -2.51. The van der Waals surface area contributed by atoms with Crippen LogP contribution in [0.2, 0.25) is 0 Å². The summed E-state index contributed by atoms with van der Waals surface area (Å²) in [5.74, 6) is -0.908. The Morgan fingerprint density at radius 1 is 1.16 bits per heavy atom. The maximum atomic E-state index is 12.2. The molecule has 0 radical (unpaired) electrons. The summed E-state index contributed by atoms with van der Waals surface area (Å²) in [6, 6.07) is 11.3. The monoisotopic (exact) mass is 372 g/mol. The molecule has 0 spiro atoms. The molecule has 0 saturated heterocycles. The highest BCUT2D eigenvalue weighted by Gasteiger charge is 2.19. The molecule has 25 heavy (non-hydrogen) atoms. The zero-order valence-electron chi connectivity index (χ0n) is 13.7. The van der Waals surface area contributed by atoms with Crippen LogP contribution in [0.1, 0.15) is 20.9 Å². The van der Waals surface area contributed by atoms with Gasteiger partial charge in [-0.05, 0) is 37.4 Å². The van der Waals surface area contributed by atoms with Crippen molar-refractivity contribution in [2.75, 3.05) is 11.9 Å². The smallest absolute Gasteiger partial charge is 0.350 e. The molecule has 128 valence electrons. The van der Waals surface area contributed by atoms with Crippen molar-refractivity contribution in [3.63, 3.8) is 0 Å². The summed E-state index contributed by atoms with van der Waals surface area (Å²) in [5, 5.41) is 5.43. The summed E-state index contributed by atoms with van der Waals surface area (Å²) >= 11 is 2.84. The van der Waals surface area contributed by atoms with Crippen molar-refractivity contribution in [2.24, 2.45) is 0 Å². The maximum Gasteiger partial charge on any atom is 0.350 e. The van der Waals surface area contributed by atoms with Crippen LogP contribution in [0.3, 0.4) is 0 Å². The number of rotatable bonds is 5. The highest BCUT2D eigenvalue weighted by molar-refractivity contribution is 7.22. The van der Waals surface area contributed by atoms with Gasteiger partial charge in [-0.3, -0.25) is 4.79 Å². The Morgan fingerprint density at radius 2 is 1.92 bits per heavy atom. The summed E-state index contributed by atoms with van der Waals surface area (Å²) in [6.07, 6.45) is 0. The van der Waals surface area contributed by atoms with Gasteiger partial charge in [0.25, 0.3) is 5.91 Å². The molecule has 0 aliphatic rings. The molecule has 1 N–H and O–H groups in total. The SMILES string of the molecule is Cc1ccc(NC(=O)COC(=O)c2sc(-c3cccs3)nc2C)cc1. The summed E-state index contributed by atoms with van der Waals surface area (Å²) in [6.45, 7) is 3.39. The molecule has 3 rings (SSSR count). The number of benzene rings is 1. The van der Waals surface area contributed by atoms with E-state index in [1.165, 1.54) is 11.3 Å². The van der Waals surface area contributed by atoms with E-state index in [1.54, 1.807) is 30.4 Å². The van der Waals surface area contributed by atoms with Crippen molar-refractivity contribution in [1.82, 2.24) is 4.98 Å². The van der Waals surface area contributed by atoms with Gasteiger partial charge in [-0.15, -0.1) is 22.7 Å². The number of carbonyl (C=O) groups is 2. The van der Waals surface area contributed by atoms with E-state index < -0.39 is 5.97 Å². The molecule has 1 aromatic carbocycles. The predicted molar refractivity (Wildman–Crippen MR) is 100 cm³/mol. The molecule has 0 aliphatic carbocycles. The number of thiazole rings is 1. The first kappa shape index (κ1) is 17.3. The first-order valence-corrected chi connectivity index (χ1v) is 9.27. The number of hydrogen-bond donors (Lipinski definition) is 1. The van der Waals surface area contributed by atoms with Gasteiger partial charge in [-0.2, -0.15) is 0 Å². The number of anilines is 1. The van der Waals surface area contributed by atoms with Crippen molar-refractivity contribution in [3.8, 4) is 9.88 Å². The molecule has 0 saturated carbocycles. The fraction of sp³-hybridized carbons (Fsp3) is 0.167. The minimum Gasteiger partial charge on any atom is -0.451 e. The number of ether oxygens (including phenoxy) is 1. The second-order valence-corrected chi connectivity index (χ2v) is 7.35. The Kier molecular flexibility index (Phi) is 5.25. The third kappa shape index (κ3) is 4.32. The van der Waals surface area contributed by atoms with Gasteiger partial charge >= 0.3 is 5.97 Å². The molecule has 2 aromatic heterocycles. The van der Waals surface area contributed by atoms with Crippen LogP contribution >= 0.6 is 22.7 Å². The minimum absolute atomic E-state index is 0.335. The average molecular weight is 372 g/mol. The Labute approximate surface area is 153 Å². The fourth-order valence-electron chi connectivity index (χ4n) is 2.12. The number of esters is 1. The van der Waals surface area contributed by atoms with E-state index in [4.69, 9.17) is 4.74 Å².